The van der Waals surface area contributed by atoms with Crippen LogP contribution in [0.2, 0.25) is 0 Å². The Morgan fingerprint density at radius 2 is 2.11 bits per heavy atom. The van der Waals surface area contributed by atoms with Gasteiger partial charge in [-0.3, -0.25) is 10.1 Å². The summed E-state index contributed by atoms with van der Waals surface area (Å²) in [7, 11) is 0. The van der Waals surface area contributed by atoms with E-state index in [4.69, 9.17) is 0 Å². The standard InChI is InChI=1S/C10H6F3N3OS/c11-10(12,13)7-3-1-2-6(4-7)8(17)15-9-16-14-5-18-9/h1-5H,(H,15,16,17). The summed E-state index contributed by atoms with van der Waals surface area (Å²) in [5.41, 5.74) is 0.453. The van der Waals surface area contributed by atoms with Gasteiger partial charge >= 0.3 is 6.18 Å². The van der Waals surface area contributed by atoms with Crippen molar-refractivity contribution < 1.29 is 18.0 Å². The van der Waals surface area contributed by atoms with Gasteiger partial charge < -0.3 is 0 Å². The van der Waals surface area contributed by atoms with Crippen LogP contribution in [0.5, 0.6) is 0 Å². The van der Waals surface area contributed by atoms with E-state index in [0.29, 0.717) is 0 Å². The highest BCUT2D eigenvalue weighted by atomic mass is 32.1. The molecule has 2 aromatic rings. The second-order valence-electron chi connectivity index (χ2n) is 3.28. The predicted molar refractivity (Wildman–Crippen MR) is 59.3 cm³/mol. The van der Waals surface area contributed by atoms with Crippen LogP contribution >= 0.6 is 11.3 Å². The molecule has 0 spiro atoms. The quantitative estimate of drug-likeness (QED) is 0.915. The first kappa shape index (κ1) is 12.5. The number of carbonyl (C=O) groups excluding carboxylic acids is 1. The van der Waals surface area contributed by atoms with Crippen molar-refractivity contribution in [3.05, 3.63) is 40.9 Å². The number of nitrogens with one attached hydrogen (secondary N) is 1. The Morgan fingerprint density at radius 3 is 2.72 bits per heavy atom. The van der Waals surface area contributed by atoms with E-state index in [1.54, 1.807) is 0 Å². The Labute approximate surface area is 103 Å². The van der Waals surface area contributed by atoms with E-state index >= 15 is 0 Å². The van der Waals surface area contributed by atoms with Crippen molar-refractivity contribution in [3.8, 4) is 0 Å². The van der Waals surface area contributed by atoms with Crippen LogP contribution in [0.15, 0.2) is 29.8 Å². The van der Waals surface area contributed by atoms with Gasteiger partial charge in [0.15, 0.2) is 0 Å². The Hall–Kier alpha value is -1.96. The Kier molecular flexibility index (Phi) is 3.28. The average molecular weight is 273 g/mol. The van der Waals surface area contributed by atoms with Crippen molar-refractivity contribution in [1.29, 1.82) is 0 Å². The number of carbonyl (C=O) groups is 1. The largest absolute Gasteiger partial charge is 0.416 e. The van der Waals surface area contributed by atoms with Crippen LogP contribution in [-0.4, -0.2) is 16.1 Å². The van der Waals surface area contributed by atoms with Crippen molar-refractivity contribution in [1.82, 2.24) is 10.2 Å². The number of rotatable bonds is 2. The number of nitrogens with zero attached hydrogens (tertiary/aromatic N) is 2. The molecule has 0 aliphatic carbocycles. The summed E-state index contributed by atoms with van der Waals surface area (Å²) < 4.78 is 37.4. The van der Waals surface area contributed by atoms with Crippen LogP contribution in [0.4, 0.5) is 18.3 Å². The third kappa shape index (κ3) is 2.83. The van der Waals surface area contributed by atoms with E-state index in [0.717, 1.165) is 23.5 Å². The molecule has 1 aromatic heterocycles. The van der Waals surface area contributed by atoms with Gasteiger partial charge in [-0.15, -0.1) is 10.2 Å². The first-order valence-electron chi connectivity index (χ1n) is 4.71. The summed E-state index contributed by atoms with van der Waals surface area (Å²) in [5.74, 6) is -0.655. The topological polar surface area (TPSA) is 54.9 Å². The zero-order chi connectivity index (χ0) is 13.2. The van der Waals surface area contributed by atoms with Gasteiger partial charge in [-0.1, -0.05) is 17.4 Å². The molecule has 0 atom stereocenters. The van der Waals surface area contributed by atoms with Crippen LogP contribution in [0, 0.1) is 0 Å². The fourth-order valence-electron chi connectivity index (χ4n) is 1.23. The Morgan fingerprint density at radius 1 is 1.33 bits per heavy atom. The monoisotopic (exact) mass is 273 g/mol. The van der Waals surface area contributed by atoms with Gasteiger partial charge in [0.25, 0.3) is 5.91 Å². The molecule has 0 aliphatic heterocycles. The summed E-state index contributed by atoms with van der Waals surface area (Å²) in [5, 5.41) is 9.66. The van der Waals surface area contributed by atoms with Crippen LogP contribution in [0.25, 0.3) is 0 Å². The van der Waals surface area contributed by atoms with E-state index in [1.807, 2.05) is 0 Å². The molecule has 4 nitrogen and oxygen atoms in total. The molecule has 0 saturated carbocycles. The Balaban J connectivity index is 2.21. The second-order valence-corrected chi connectivity index (χ2v) is 4.11. The highest BCUT2D eigenvalue weighted by molar-refractivity contribution is 7.13. The molecule has 1 amide bonds. The lowest BCUT2D eigenvalue weighted by Crippen LogP contribution is -2.13. The molecule has 1 heterocycles. The van der Waals surface area contributed by atoms with Gasteiger partial charge in [0, 0.05) is 5.56 Å². The van der Waals surface area contributed by atoms with Crippen LogP contribution in [-0.2, 0) is 6.18 Å². The van der Waals surface area contributed by atoms with Gasteiger partial charge in [-0.2, -0.15) is 13.2 Å². The first-order chi connectivity index (χ1) is 8.47. The fraction of sp³-hybridized carbons (Fsp3) is 0.100. The zero-order valence-corrected chi connectivity index (χ0v) is 9.55. The molecular formula is C10H6F3N3OS. The maximum atomic E-state index is 12.5. The molecule has 0 bridgehead atoms. The number of benzene rings is 1. The minimum Gasteiger partial charge on any atom is -0.296 e. The number of hydrogen-bond acceptors (Lipinski definition) is 4. The number of amides is 1. The molecule has 0 unspecified atom stereocenters. The third-order valence-corrected chi connectivity index (χ3v) is 2.64. The van der Waals surface area contributed by atoms with E-state index in [-0.39, 0.29) is 10.7 Å². The van der Waals surface area contributed by atoms with E-state index < -0.39 is 17.6 Å². The molecule has 0 saturated heterocycles. The number of alkyl halides is 3. The molecule has 94 valence electrons. The molecule has 2 rings (SSSR count). The van der Waals surface area contributed by atoms with E-state index in [2.05, 4.69) is 15.5 Å². The van der Waals surface area contributed by atoms with Crippen molar-refractivity contribution in [2.24, 2.45) is 0 Å². The lowest BCUT2D eigenvalue weighted by Gasteiger charge is -2.08. The SMILES string of the molecule is O=C(Nc1nncs1)c1cccc(C(F)(F)F)c1. The maximum Gasteiger partial charge on any atom is 0.416 e. The van der Waals surface area contributed by atoms with Crippen LogP contribution < -0.4 is 5.32 Å². The minimum absolute atomic E-state index is 0.0833. The van der Waals surface area contributed by atoms with Crippen molar-refractivity contribution >= 4 is 22.4 Å². The molecule has 0 radical (unpaired) electrons. The highest BCUT2D eigenvalue weighted by Gasteiger charge is 2.30. The summed E-state index contributed by atoms with van der Waals surface area (Å²) in [6, 6.07) is 4.17. The molecular weight excluding hydrogens is 267 g/mol. The fourth-order valence-corrected chi connectivity index (χ4v) is 1.67. The molecule has 8 heteroatoms. The summed E-state index contributed by atoms with van der Waals surface area (Å²) in [6.07, 6.45) is -4.47. The molecule has 0 fully saturated rings. The minimum atomic E-state index is -4.47. The van der Waals surface area contributed by atoms with E-state index in [1.165, 1.54) is 17.6 Å². The maximum absolute atomic E-state index is 12.5. The van der Waals surface area contributed by atoms with Crippen molar-refractivity contribution in [2.75, 3.05) is 5.32 Å². The predicted octanol–water partition coefficient (Wildman–Crippen LogP) is 2.81. The third-order valence-electron chi connectivity index (χ3n) is 2.03. The van der Waals surface area contributed by atoms with Crippen LogP contribution in [0.3, 0.4) is 0 Å². The van der Waals surface area contributed by atoms with E-state index in [9.17, 15) is 18.0 Å². The molecule has 1 aromatic carbocycles. The second kappa shape index (κ2) is 4.73. The molecule has 1 N–H and O–H groups in total. The first-order valence-corrected chi connectivity index (χ1v) is 5.59. The van der Waals surface area contributed by atoms with Crippen LogP contribution in [0.1, 0.15) is 15.9 Å². The van der Waals surface area contributed by atoms with Crippen molar-refractivity contribution in [3.63, 3.8) is 0 Å². The number of anilines is 1. The Bertz CT molecular complexity index is 554. The zero-order valence-electron chi connectivity index (χ0n) is 8.73. The number of aromatic nitrogens is 2. The number of hydrogen-bond donors (Lipinski definition) is 1. The van der Waals surface area contributed by atoms with Gasteiger partial charge in [-0.05, 0) is 18.2 Å². The summed E-state index contributed by atoms with van der Waals surface area (Å²) in [6.45, 7) is 0. The summed E-state index contributed by atoms with van der Waals surface area (Å²) in [4.78, 5) is 11.7. The average Bonchev–Trinajstić information content (AvgIpc) is 2.81. The smallest absolute Gasteiger partial charge is 0.296 e. The lowest BCUT2D eigenvalue weighted by atomic mass is 10.1. The van der Waals surface area contributed by atoms with Gasteiger partial charge in [-0.25, -0.2) is 0 Å². The number of halogens is 3. The van der Waals surface area contributed by atoms with Gasteiger partial charge in [0.1, 0.15) is 5.51 Å². The highest BCUT2D eigenvalue weighted by Crippen LogP contribution is 2.29. The molecule has 0 aliphatic rings. The normalized spacial score (nSPS) is 11.3. The molecule has 18 heavy (non-hydrogen) atoms. The van der Waals surface area contributed by atoms with Gasteiger partial charge in [0.05, 0.1) is 5.56 Å². The van der Waals surface area contributed by atoms with Gasteiger partial charge in [0.2, 0.25) is 5.13 Å². The lowest BCUT2D eigenvalue weighted by molar-refractivity contribution is -0.137. The van der Waals surface area contributed by atoms with Crippen molar-refractivity contribution in [2.45, 2.75) is 6.18 Å². The summed E-state index contributed by atoms with van der Waals surface area (Å²) >= 11 is 1.08.